The molecule has 0 aliphatic heterocycles. The second kappa shape index (κ2) is 12.8. The van der Waals surface area contributed by atoms with Crippen molar-refractivity contribution >= 4 is 38.9 Å². The first-order valence-electron chi connectivity index (χ1n) is 17.1. The summed E-state index contributed by atoms with van der Waals surface area (Å²) in [5.74, 6) is 0. The Bertz CT molecular complexity index is 2530. The molecule has 2 heteroatoms. The summed E-state index contributed by atoms with van der Waals surface area (Å²) in [5.41, 5.74) is 14.2. The van der Waals surface area contributed by atoms with E-state index in [-0.39, 0.29) is 0 Å². The molecule has 0 aliphatic carbocycles. The lowest BCUT2D eigenvalue weighted by Gasteiger charge is -2.26. The van der Waals surface area contributed by atoms with Crippen molar-refractivity contribution in [2.45, 2.75) is 0 Å². The van der Waals surface area contributed by atoms with Crippen molar-refractivity contribution in [1.29, 1.82) is 0 Å². The average molecular weight is 639 g/mol. The van der Waals surface area contributed by atoms with Crippen LogP contribution in [0.2, 0.25) is 0 Å². The molecular weight excluding hydrogens is 605 g/mol. The average Bonchev–Trinajstić information content (AvgIpc) is 3.53. The molecule has 1 heterocycles. The summed E-state index contributed by atoms with van der Waals surface area (Å²) >= 11 is 0. The Kier molecular flexibility index (Phi) is 7.53. The molecule has 0 fully saturated rings. The van der Waals surface area contributed by atoms with Gasteiger partial charge in [0.15, 0.2) is 0 Å². The second-order valence-electron chi connectivity index (χ2n) is 12.6. The lowest BCUT2D eigenvalue weighted by molar-refractivity contribution is 1.18. The van der Waals surface area contributed by atoms with Crippen LogP contribution in [0, 0.1) is 0 Å². The third-order valence-electron chi connectivity index (χ3n) is 9.61. The molecule has 236 valence electrons. The monoisotopic (exact) mass is 638 g/mol. The van der Waals surface area contributed by atoms with Gasteiger partial charge >= 0.3 is 0 Å². The van der Waals surface area contributed by atoms with Crippen molar-refractivity contribution in [3.05, 3.63) is 206 Å². The largest absolute Gasteiger partial charge is 0.311 e. The van der Waals surface area contributed by atoms with E-state index in [9.17, 15) is 0 Å². The van der Waals surface area contributed by atoms with Crippen LogP contribution >= 0.6 is 0 Å². The highest BCUT2D eigenvalue weighted by molar-refractivity contribution is 6.10. The fourth-order valence-electron chi connectivity index (χ4n) is 7.12. The first kappa shape index (κ1) is 29.5. The first-order chi connectivity index (χ1) is 24.8. The van der Waals surface area contributed by atoms with Crippen LogP contribution in [0.15, 0.2) is 206 Å². The van der Waals surface area contributed by atoms with Gasteiger partial charge in [0, 0.05) is 33.5 Å². The Balaban J connectivity index is 1.02. The molecule has 0 atom stereocenters. The number of fused-ring (bicyclic) bond motifs is 3. The van der Waals surface area contributed by atoms with E-state index in [1.807, 2.05) is 0 Å². The third kappa shape index (κ3) is 5.43. The molecule has 0 saturated carbocycles. The summed E-state index contributed by atoms with van der Waals surface area (Å²) < 4.78 is 2.38. The molecule has 0 radical (unpaired) electrons. The molecule has 0 bridgehead atoms. The van der Waals surface area contributed by atoms with Crippen molar-refractivity contribution in [3.63, 3.8) is 0 Å². The number of aromatic nitrogens is 1. The SMILES string of the molecule is c1ccc(-c2ccc(N(c3ccccc3)c3ccc(-c4ccc(-c5ccc6c7ccccc7n(-c7ccccc7)c6c5)cc4)cc3)cc2)cc1. The Labute approximate surface area is 292 Å². The first-order valence-corrected chi connectivity index (χ1v) is 17.1. The molecule has 9 rings (SSSR count). The van der Waals surface area contributed by atoms with Gasteiger partial charge in [-0.3, -0.25) is 0 Å². The summed E-state index contributed by atoms with van der Waals surface area (Å²) in [6, 6.07) is 73.9. The molecule has 0 N–H and O–H groups in total. The van der Waals surface area contributed by atoms with Gasteiger partial charge in [0.05, 0.1) is 11.0 Å². The van der Waals surface area contributed by atoms with Crippen molar-refractivity contribution < 1.29 is 0 Å². The predicted molar refractivity (Wildman–Crippen MR) is 212 cm³/mol. The van der Waals surface area contributed by atoms with E-state index >= 15 is 0 Å². The number of hydrogen-bond donors (Lipinski definition) is 0. The summed E-state index contributed by atoms with van der Waals surface area (Å²) in [6.45, 7) is 0. The number of hydrogen-bond acceptors (Lipinski definition) is 1. The van der Waals surface area contributed by atoms with E-state index in [0.29, 0.717) is 0 Å². The quantitative estimate of drug-likeness (QED) is 0.169. The molecule has 2 nitrogen and oxygen atoms in total. The summed E-state index contributed by atoms with van der Waals surface area (Å²) in [7, 11) is 0. The van der Waals surface area contributed by atoms with Gasteiger partial charge < -0.3 is 9.47 Å². The zero-order chi connectivity index (χ0) is 33.3. The number of benzene rings is 8. The normalized spacial score (nSPS) is 11.2. The Morgan fingerprint density at radius 3 is 1.28 bits per heavy atom. The molecule has 9 aromatic rings. The fourth-order valence-corrected chi connectivity index (χ4v) is 7.12. The van der Waals surface area contributed by atoms with E-state index in [0.717, 1.165) is 17.1 Å². The van der Waals surface area contributed by atoms with Crippen LogP contribution in [0.3, 0.4) is 0 Å². The van der Waals surface area contributed by atoms with Gasteiger partial charge in [0.25, 0.3) is 0 Å². The molecule has 8 aromatic carbocycles. The van der Waals surface area contributed by atoms with E-state index in [1.165, 1.54) is 60.9 Å². The van der Waals surface area contributed by atoms with Crippen LogP contribution in [0.1, 0.15) is 0 Å². The molecule has 1 aromatic heterocycles. The van der Waals surface area contributed by atoms with Crippen LogP contribution in [0.25, 0.3) is 60.9 Å². The summed E-state index contributed by atoms with van der Waals surface area (Å²) in [6.07, 6.45) is 0. The number of anilines is 3. The summed E-state index contributed by atoms with van der Waals surface area (Å²) in [5, 5.41) is 2.54. The zero-order valence-electron chi connectivity index (χ0n) is 27.5. The maximum absolute atomic E-state index is 2.38. The second-order valence-corrected chi connectivity index (χ2v) is 12.6. The fraction of sp³-hybridized carbons (Fsp3) is 0. The van der Waals surface area contributed by atoms with Gasteiger partial charge in [-0.05, 0) is 94.0 Å². The zero-order valence-corrected chi connectivity index (χ0v) is 27.5. The van der Waals surface area contributed by atoms with Crippen molar-refractivity contribution in [2.75, 3.05) is 4.90 Å². The van der Waals surface area contributed by atoms with Gasteiger partial charge in [0.2, 0.25) is 0 Å². The minimum absolute atomic E-state index is 1.12. The van der Waals surface area contributed by atoms with Crippen LogP contribution < -0.4 is 4.90 Å². The predicted octanol–water partition coefficient (Wildman–Crippen LogP) is 13.3. The van der Waals surface area contributed by atoms with Gasteiger partial charge in [-0.1, -0.05) is 146 Å². The van der Waals surface area contributed by atoms with E-state index in [1.54, 1.807) is 0 Å². The Morgan fingerprint density at radius 1 is 0.280 bits per heavy atom. The highest BCUT2D eigenvalue weighted by Crippen LogP contribution is 2.38. The minimum atomic E-state index is 1.12. The maximum Gasteiger partial charge on any atom is 0.0547 e. The minimum Gasteiger partial charge on any atom is -0.311 e. The number of para-hydroxylation sites is 3. The molecule has 0 amide bonds. The Hall–Kier alpha value is -6.64. The molecule has 0 saturated heterocycles. The number of rotatable bonds is 7. The van der Waals surface area contributed by atoms with E-state index in [2.05, 4.69) is 216 Å². The highest BCUT2D eigenvalue weighted by Gasteiger charge is 2.15. The van der Waals surface area contributed by atoms with Crippen LogP contribution in [-0.2, 0) is 0 Å². The summed E-state index contributed by atoms with van der Waals surface area (Å²) in [4.78, 5) is 2.31. The maximum atomic E-state index is 2.38. The van der Waals surface area contributed by atoms with Crippen molar-refractivity contribution in [1.82, 2.24) is 4.57 Å². The van der Waals surface area contributed by atoms with E-state index in [4.69, 9.17) is 0 Å². The van der Waals surface area contributed by atoms with Crippen molar-refractivity contribution in [3.8, 4) is 39.1 Å². The van der Waals surface area contributed by atoms with Gasteiger partial charge in [-0.15, -0.1) is 0 Å². The van der Waals surface area contributed by atoms with Crippen LogP contribution in [-0.4, -0.2) is 4.57 Å². The third-order valence-corrected chi connectivity index (χ3v) is 9.61. The molecule has 0 unspecified atom stereocenters. The smallest absolute Gasteiger partial charge is 0.0547 e. The van der Waals surface area contributed by atoms with Gasteiger partial charge in [-0.25, -0.2) is 0 Å². The van der Waals surface area contributed by atoms with Crippen LogP contribution in [0.4, 0.5) is 17.1 Å². The van der Waals surface area contributed by atoms with Gasteiger partial charge in [-0.2, -0.15) is 0 Å². The lowest BCUT2D eigenvalue weighted by atomic mass is 9.99. The van der Waals surface area contributed by atoms with E-state index < -0.39 is 0 Å². The standard InChI is InChI=1S/C48H34N2/c1-4-12-35(13-5-1)37-24-29-43(30-25-37)49(41-14-6-2-7-15-41)44-31-26-38(27-32-44)36-20-22-39(23-21-36)40-28-33-46-45-18-10-11-19-47(45)50(48(46)34-40)42-16-8-3-9-17-42/h1-34H. The van der Waals surface area contributed by atoms with Crippen molar-refractivity contribution in [2.24, 2.45) is 0 Å². The Morgan fingerprint density at radius 2 is 0.680 bits per heavy atom. The molecule has 0 spiro atoms. The lowest BCUT2D eigenvalue weighted by Crippen LogP contribution is -2.09. The highest BCUT2D eigenvalue weighted by atomic mass is 15.1. The number of nitrogens with zero attached hydrogens (tertiary/aromatic N) is 2. The van der Waals surface area contributed by atoms with Gasteiger partial charge in [0.1, 0.15) is 0 Å². The van der Waals surface area contributed by atoms with Crippen LogP contribution in [0.5, 0.6) is 0 Å². The molecule has 0 aliphatic rings. The molecule has 50 heavy (non-hydrogen) atoms. The molecular formula is C48H34N2. The topological polar surface area (TPSA) is 8.17 Å².